The molecule has 0 unspecified atom stereocenters. The van der Waals surface area contributed by atoms with Crippen molar-refractivity contribution in [3.8, 4) is 0 Å². The Labute approximate surface area is 140 Å². The van der Waals surface area contributed by atoms with Crippen LogP contribution in [-0.2, 0) is 19.6 Å². The van der Waals surface area contributed by atoms with Crippen LogP contribution in [0, 0.1) is 6.92 Å². The number of carbonyl (C=O) groups is 1. The molecule has 21 heavy (non-hydrogen) atoms. The molecule has 0 radical (unpaired) electrons. The number of nitrogens with one attached hydrogen (secondary N) is 2. The van der Waals surface area contributed by atoms with Crippen LogP contribution in [0.1, 0.15) is 32.1 Å². The summed E-state index contributed by atoms with van der Waals surface area (Å²) < 4.78 is 0. The molecule has 0 bridgehead atoms. The number of fused-ring (bicyclic) bond motifs is 1. The molecule has 2 aromatic rings. The first-order chi connectivity index (χ1) is 9.24. The number of hydrogen-bond donors (Lipinski definition) is 2. The predicted molar refractivity (Wildman–Crippen MR) is 89.5 cm³/mol. The largest absolute Gasteiger partial charge is 0.347 e. The van der Waals surface area contributed by atoms with Crippen molar-refractivity contribution in [1.29, 1.82) is 0 Å². The van der Waals surface area contributed by atoms with Crippen LogP contribution < -0.4 is 10.6 Å². The number of rotatable bonds is 3. The lowest BCUT2D eigenvalue weighted by molar-refractivity contribution is 0.0951. The van der Waals surface area contributed by atoms with Crippen LogP contribution >= 0.6 is 36.2 Å². The fourth-order valence-corrected chi connectivity index (χ4v) is 2.91. The van der Waals surface area contributed by atoms with Gasteiger partial charge in [0.2, 0.25) is 0 Å². The average Bonchev–Trinajstić information content (AvgIpc) is 3.03. The molecule has 4 nitrogen and oxygen atoms in total. The molecule has 2 N–H and O–H groups in total. The Hall–Kier alpha value is -1.14. The van der Waals surface area contributed by atoms with E-state index in [4.69, 9.17) is 0 Å². The van der Waals surface area contributed by atoms with Gasteiger partial charge in [-0.05, 0) is 30.2 Å². The lowest BCUT2D eigenvalue weighted by Crippen LogP contribution is -2.22. The van der Waals surface area contributed by atoms with Crippen molar-refractivity contribution in [3.05, 3.63) is 51.0 Å². The van der Waals surface area contributed by atoms with E-state index in [9.17, 15) is 4.79 Å². The summed E-state index contributed by atoms with van der Waals surface area (Å²) in [6, 6.07) is 5.90. The fraction of sp³-hybridized carbons (Fsp3) is 0.286. The van der Waals surface area contributed by atoms with E-state index in [2.05, 4.69) is 15.6 Å². The Bertz CT molecular complexity index is 630. The summed E-state index contributed by atoms with van der Waals surface area (Å²) in [5.41, 5.74) is 6.03. The monoisotopic (exact) mass is 345 g/mol. The number of amides is 1. The topological polar surface area (TPSA) is 54.0 Å². The summed E-state index contributed by atoms with van der Waals surface area (Å²) in [4.78, 5) is 17.4. The second-order valence-electron chi connectivity index (χ2n) is 4.63. The van der Waals surface area contributed by atoms with E-state index < -0.39 is 0 Å². The average molecular weight is 346 g/mol. The first-order valence-corrected chi connectivity index (χ1v) is 7.11. The molecular weight excluding hydrogens is 329 g/mol. The Balaban J connectivity index is 0.00000110. The quantitative estimate of drug-likeness (QED) is 0.899. The lowest BCUT2D eigenvalue weighted by Gasteiger charge is -2.06. The molecule has 0 saturated heterocycles. The molecule has 0 aliphatic carbocycles. The zero-order chi connectivity index (χ0) is 13.2. The molecule has 1 aliphatic rings. The number of nitrogens with zero attached hydrogens (tertiary/aromatic N) is 1. The van der Waals surface area contributed by atoms with Gasteiger partial charge in [0.1, 0.15) is 0 Å². The Morgan fingerprint density at radius 1 is 1.33 bits per heavy atom. The maximum Gasteiger partial charge on any atom is 0.251 e. The highest BCUT2D eigenvalue weighted by molar-refractivity contribution is 7.09. The van der Waals surface area contributed by atoms with Gasteiger partial charge in [-0.15, -0.1) is 36.2 Å². The minimum atomic E-state index is -0.0255. The summed E-state index contributed by atoms with van der Waals surface area (Å²) in [6.07, 6.45) is 0. The van der Waals surface area contributed by atoms with Crippen molar-refractivity contribution in [3.63, 3.8) is 0 Å². The number of halogens is 2. The Kier molecular flexibility index (Phi) is 6.61. The zero-order valence-corrected chi connectivity index (χ0v) is 14.0. The molecule has 0 spiro atoms. The maximum atomic E-state index is 12.1. The van der Waals surface area contributed by atoms with Gasteiger partial charge in [0.05, 0.1) is 17.7 Å². The highest BCUT2D eigenvalue weighted by atomic mass is 35.5. The van der Waals surface area contributed by atoms with E-state index >= 15 is 0 Å². The number of hydrogen-bond acceptors (Lipinski definition) is 4. The van der Waals surface area contributed by atoms with E-state index in [-0.39, 0.29) is 30.7 Å². The molecule has 1 amide bonds. The van der Waals surface area contributed by atoms with Gasteiger partial charge in [0.25, 0.3) is 5.91 Å². The van der Waals surface area contributed by atoms with Gasteiger partial charge in [-0.1, -0.05) is 6.07 Å². The van der Waals surface area contributed by atoms with Crippen molar-refractivity contribution >= 4 is 42.1 Å². The van der Waals surface area contributed by atoms with Crippen molar-refractivity contribution in [2.24, 2.45) is 0 Å². The van der Waals surface area contributed by atoms with E-state index in [1.165, 1.54) is 11.1 Å². The number of aromatic nitrogens is 1. The zero-order valence-electron chi connectivity index (χ0n) is 11.5. The SMILES string of the molecule is Cc1ncsc1CNC(=O)c1ccc2c(c1)CNC2.Cl.Cl. The molecule has 1 aromatic heterocycles. The normalized spacial score (nSPS) is 12.0. The second kappa shape index (κ2) is 7.75. The minimum absolute atomic E-state index is 0. The van der Waals surface area contributed by atoms with Gasteiger partial charge >= 0.3 is 0 Å². The number of aryl methyl sites for hydroxylation is 1. The smallest absolute Gasteiger partial charge is 0.251 e. The molecule has 0 saturated carbocycles. The van der Waals surface area contributed by atoms with Gasteiger partial charge < -0.3 is 10.6 Å². The fourth-order valence-electron chi connectivity index (χ4n) is 2.19. The van der Waals surface area contributed by atoms with Crippen molar-refractivity contribution in [2.45, 2.75) is 26.6 Å². The minimum Gasteiger partial charge on any atom is -0.347 e. The molecule has 2 heterocycles. The Morgan fingerprint density at radius 3 is 2.81 bits per heavy atom. The summed E-state index contributed by atoms with van der Waals surface area (Å²) in [5, 5.41) is 6.22. The standard InChI is InChI=1S/C14H15N3OS.2ClH/c1-9-13(19-8-17-9)7-16-14(18)10-2-3-11-5-15-6-12(11)4-10;;/h2-4,8,15H,5-7H2,1H3,(H,16,18);2*1H. The van der Waals surface area contributed by atoms with Crippen LogP contribution in [0.4, 0.5) is 0 Å². The summed E-state index contributed by atoms with van der Waals surface area (Å²) in [5.74, 6) is -0.0255. The van der Waals surface area contributed by atoms with Crippen LogP contribution in [0.2, 0.25) is 0 Å². The Morgan fingerprint density at radius 2 is 2.10 bits per heavy atom. The third-order valence-electron chi connectivity index (χ3n) is 3.35. The molecule has 3 rings (SSSR count). The molecule has 1 aromatic carbocycles. The van der Waals surface area contributed by atoms with E-state index in [0.717, 1.165) is 29.2 Å². The summed E-state index contributed by atoms with van der Waals surface area (Å²) in [6.45, 7) is 4.26. The van der Waals surface area contributed by atoms with Gasteiger partial charge in [0, 0.05) is 23.5 Å². The van der Waals surface area contributed by atoms with Crippen molar-refractivity contribution in [1.82, 2.24) is 15.6 Å². The second-order valence-corrected chi connectivity index (χ2v) is 5.57. The highest BCUT2D eigenvalue weighted by Gasteiger charge is 2.13. The van der Waals surface area contributed by atoms with E-state index in [0.29, 0.717) is 6.54 Å². The predicted octanol–water partition coefficient (Wildman–Crippen LogP) is 2.83. The van der Waals surface area contributed by atoms with E-state index in [1.807, 2.05) is 25.1 Å². The first kappa shape index (κ1) is 17.9. The maximum absolute atomic E-state index is 12.1. The number of carbonyl (C=O) groups excluding carboxylic acids is 1. The van der Waals surface area contributed by atoms with E-state index in [1.54, 1.807) is 16.8 Å². The van der Waals surface area contributed by atoms with Crippen LogP contribution in [0.5, 0.6) is 0 Å². The first-order valence-electron chi connectivity index (χ1n) is 6.24. The van der Waals surface area contributed by atoms with Crippen LogP contribution in [-0.4, -0.2) is 10.9 Å². The third-order valence-corrected chi connectivity index (χ3v) is 4.29. The number of thiazole rings is 1. The molecule has 114 valence electrons. The molecular formula is C14H17Cl2N3OS. The van der Waals surface area contributed by atoms with Crippen LogP contribution in [0.25, 0.3) is 0 Å². The van der Waals surface area contributed by atoms with Crippen molar-refractivity contribution in [2.75, 3.05) is 0 Å². The molecule has 7 heteroatoms. The van der Waals surface area contributed by atoms with Gasteiger partial charge in [-0.3, -0.25) is 4.79 Å². The highest BCUT2D eigenvalue weighted by Crippen LogP contribution is 2.17. The van der Waals surface area contributed by atoms with Crippen molar-refractivity contribution < 1.29 is 4.79 Å². The molecule has 1 aliphatic heterocycles. The van der Waals surface area contributed by atoms with Crippen LogP contribution in [0.15, 0.2) is 23.7 Å². The van der Waals surface area contributed by atoms with Gasteiger partial charge in [0.15, 0.2) is 0 Å². The molecule has 0 atom stereocenters. The van der Waals surface area contributed by atoms with Gasteiger partial charge in [-0.25, -0.2) is 4.98 Å². The lowest BCUT2D eigenvalue weighted by atomic mass is 10.1. The number of benzene rings is 1. The summed E-state index contributed by atoms with van der Waals surface area (Å²) in [7, 11) is 0. The molecule has 0 fully saturated rings. The van der Waals surface area contributed by atoms with Crippen LogP contribution in [0.3, 0.4) is 0 Å². The summed E-state index contributed by atoms with van der Waals surface area (Å²) >= 11 is 1.57. The van der Waals surface area contributed by atoms with Gasteiger partial charge in [-0.2, -0.15) is 0 Å². The third kappa shape index (κ3) is 3.95.